The van der Waals surface area contributed by atoms with Crippen molar-refractivity contribution in [2.24, 2.45) is 0 Å². The van der Waals surface area contributed by atoms with E-state index in [0.717, 1.165) is 25.7 Å². The van der Waals surface area contributed by atoms with Crippen molar-refractivity contribution in [3.63, 3.8) is 0 Å². The highest BCUT2D eigenvalue weighted by molar-refractivity contribution is 5.69. The maximum atomic E-state index is 11.9. The van der Waals surface area contributed by atoms with Crippen molar-refractivity contribution < 1.29 is 33.3 Å². The Labute approximate surface area is 291 Å². The largest absolute Gasteiger partial charge is 0.463 e. The van der Waals surface area contributed by atoms with Crippen LogP contribution in [0.4, 0.5) is 0 Å². The van der Waals surface area contributed by atoms with Gasteiger partial charge in [0.2, 0.25) is 0 Å². The highest BCUT2D eigenvalue weighted by atomic mass is 16.6. The molecule has 0 saturated carbocycles. The van der Waals surface area contributed by atoms with Gasteiger partial charge in [0.15, 0.2) is 0 Å². The summed E-state index contributed by atoms with van der Waals surface area (Å²) in [5.41, 5.74) is 0. The van der Waals surface area contributed by atoms with Crippen LogP contribution in [-0.4, -0.2) is 64.8 Å². The van der Waals surface area contributed by atoms with Gasteiger partial charge in [-0.2, -0.15) is 0 Å². The minimum Gasteiger partial charge on any atom is -0.463 e. The molecule has 0 fully saturated rings. The van der Waals surface area contributed by atoms with E-state index < -0.39 is 0 Å². The normalized spacial score (nSPS) is 11.3. The van der Waals surface area contributed by atoms with E-state index in [1.54, 1.807) is 0 Å². The third-order valence-corrected chi connectivity index (χ3v) is 8.69. The van der Waals surface area contributed by atoms with Crippen LogP contribution in [0.25, 0.3) is 0 Å². The number of unbranched alkanes of at least 4 members (excludes halogenated alkanes) is 24. The summed E-state index contributed by atoms with van der Waals surface area (Å²) in [6, 6.07) is 0. The maximum Gasteiger partial charge on any atom is 0.305 e. The van der Waals surface area contributed by atoms with Gasteiger partial charge in [0.05, 0.1) is 39.6 Å². The van der Waals surface area contributed by atoms with Crippen molar-refractivity contribution >= 4 is 11.9 Å². The number of hydrogen-bond acceptors (Lipinski definition) is 7. The summed E-state index contributed by atoms with van der Waals surface area (Å²) in [4.78, 5) is 23.7. The van der Waals surface area contributed by atoms with Crippen LogP contribution >= 0.6 is 0 Å². The molecule has 0 bridgehead atoms. The van der Waals surface area contributed by atoms with E-state index in [1.807, 2.05) is 0 Å². The molecule has 0 saturated heterocycles. The van der Waals surface area contributed by atoms with Gasteiger partial charge in [-0.05, 0) is 12.8 Å². The summed E-state index contributed by atoms with van der Waals surface area (Å²) in [5, 5.41) is 0. The Morgan fingerprint density at radius 3 is 0.766 bits per heavy atom. The molecule has 0 rings (SSSR count). The van der Waals surface area contributed by atoms with Crippen molar-refractivity contribution in [3.05, 3.63) is 0 Å². The number of ether oxygens (including phenoxy) is 5. The van der Waals surface area contributed by atoms with Crippen LogP contribution < -0.4 is 0 Å². The van der Waals surface area contributed by atoms with Gasteiger partial charge in [-0.1, -0.05) is 168 Å². The topological polar surface area (TPSA) is 80.3 Å². The van der Waals surface area contributed by atoms with Crippen LogP contribution in [0, 0.1) is 0 Å². The van der Waals surface area contributed by atoms with Crippen LogP contribution in [-0.2, 0) is 33.3 Å². The molecule has 7 heteroatoms. The number of carbonyl (C=O) groups is 2. The van der Waals surface area contributed by atoms with Gasteiger partial charge < -0.3 is 23.7 Å². The van der Waals surface area contributed by atoms with Gasteiger partial charge in [-0.15, -0.1) is 0 Å². The van der Waals surface area contributed by atoms with Crippen molar-refractivity contribution in [2.45, 2.75) is 194 Å². The van der Waals surface area contributed by atoms with Crippen molar-refractivity contribution in [3.8, 4) is 0 Å². The molecule has 0 atom stereocenters. The highest BCUT2D eigenvalue weighted by Gasteiger charge is 2.04. The van der Waals surface area contributed by atoms with Gasteiger partial charge in [-0.25, -0.2) is 0 Å². The van der Waals surface area contributed by atoms with E-state index >= 15 is 0 Å². The molecule has 0 N–H and O–H groups in total. The Bertz CT molecular complexity index is 576. The minimum atomic E-state index is -0.129. The molecular weight excluding hydrogens is 592 g/mol. The summed E-state index contributed by atoms with van der Waals surface area (Å²) in [5.74, 6) is -0.259. The Balaban J connectivity index is 3.22. The van der Waals surface area contributed by atoms with E-state index in [1.165, 1.54) is 141 Å². The second-order valence-corrected chi connectivity index (χ2v) is 13.3. The van der Waals surface area contributed by atoms with Crippen LogP contribution in [0.2, 0.25) is 0 Å². The van der Waals surface area contributed by atoms with Gasteiger partial charge in [0.25, 0.3) is 0 Å². The van der Waals surface area contributed by atoms with E-state index in [9.17, 15) is 9.59 Å². The van der Waals surface area contributed by atoms with E-state index in [0.29, 0.717) is 65.7 Å². The van der Waals surface area contributed by atoms with Gasteiger partial charge in [-0.3, -0.25) is 9.59 Å². The highest BCUT2D eigenvalue weighted by Crippen LogP contribution is 2.14. The maximum absolute atomic E-state index is 11.9. The summed E-state index contributed by atoms with van der Waals surface area (Å²) in [7, 11) is 0. The molecule has 7 nitrogen and oxygen atoms in total. The second-order valence-electron chi connectivity index (χ2n) is 13.3. The van der Waals surface area contributed by atoms with Gasteiger partial charge in [0.1, 0.15) is 13.2 Å². The van der Waals surface area contributed by atoms with E-state index in [2.05, 4.69) is 13.8 Å². The standard InChI is InChI=1S/C40H78O7/c1-3-5-7-9-11-13-15-17-19-21-23-25-27-29-39(41)46-37-35-44-33-31-43-32-34-45-36-38-47-40(42)30-28-26-24-22-20-18-16-14-12-10-8-6-4-2/h3-38H2,1-2H3. The average molecular weight is 671 g/mol. The molecule has 47 heavy (non-hydrogen) atoms. The number of hydrogen-bond donors (Lipinski definition) is 0. The van der Waals surface area contributed by atoms with Gasteiger partial charge in [0, 0.05) is 12.8 Å². The molecule has 280 valence electrons. The molecule has 0 aliphatic heterocycles. The van der Waals surface area contributed by atoms with Gasteiger partial charge >= 0.3 is 11.9 Å². The van der Waals surface area contributed by atoms with E-state index in [4.69, 9.17) is 23.7 Å². The molecule has 0 amide bonds. The second kappa shape index (κ2) is 41.0. The summed E-state index contributed by atoms with van der Waals surface area (Å²) in [6.07, 6.45) is 34.7. The average Bonchev–Trinajstić information content (AvgIpc) is 3.07. The third kappa shape index (κ3) is 40.9. The fourth-order valence-electron chi connectivity index (χ4n) is 5.69. The predicted molar refractivity (Wildman–Crippen MR) is 195 cm³/mol. The fourth-order valence-corrected chi connectivity index (χ4v) is 5.69. The Hall–Kier alpha value is -1.18. The fraction of sp³-hybridized carbons (Fsp3) is 0.950. The zero-order valence-corrected chi connectivity index (χ0v) is 31.3. The molecule has 0 heterocycles. The molecule has 0 aromatic heterocycles. The monoisotopic (exact) mass is 671 g/mol. The number of esters is 2. The van der Waals surface area contributed by atoms with E-state index in [-0.39, 0.29) is 11.9 Å². The zero-order valence-electron chi connectivity index (χ0n) is 31.3. The van der Waals surface area contributed by atoms with Crippen LogP contribution in [0.5, 0.6) is 0 Å². The van der Waals surface area contributed by atoms with Crippen molar-refractivity contribution in [1.82, 2.24) is 0 Å². The number of carbonyl (C=O) groups excluding carboxylic acids is 2. The summed E-state index contributed by atoms with van der Waals surface area (Å²) >= 11 is 0. The minimum absolute atomic E-state index is 0.129. The molecule has 0 radical (unpaired) electrons. The number of rotatable bonds is 40. The quantitative estimate of drug-likeness (QED) is 0.0474. The molecule has 0 spiro atoms. The van der Waals surface area contributed by atoms with Crippen molar-refractivity contribution in [1.29, 1.82) is 0 Å². The molecule has 0 aliphatic rings. The Kier molecular flexibility index (Phi) is 40.0. The Morgan fingerprint density at radius 1 is 0.298 bits per heavy atom. The predicted octanol–water partition coefficient (Wildman–Crippen LogP) is 11.1. The van der Waals surface area contributed by atoms with Crippen molar-refractivity contribution in [2.75, 3.05) is 52.9 Å². The molecule has 0 aliphatic carbocycles. The third-order valence-electron chi connectivity index (χ3n) is 8.69. The lowest BCUT2D eigenvalue weighted by molar-refractivity contribution is -0.146. The zero-order chi connectivity index (χ0) is 34.1. The lowest BCUT2D eigenvalue weighted by atomic mass is 10.0. The Morgan fingerprint density at radius 2 is 0.511 bits per heavy atom. The molecule has 0 unspecified atom stereocenters. The molecular formula is C40H78O7. The first-order valence-corrected chi connectivity index (χ1v) is 20.2. The summed E-state index contributed by atoms with van der Waals surface area (Å²) < 4.78 is 26.9. The smallest absolute Gasteiger partial charge is 0.305 e. The first-order valence-electron chi connectivity index (χ1n) is 20.2. The lowest BCUT2D eigenvalue weighted by Gasteiger charge is -2.08. The summed E-state index contributed by atoms with van der Waals surface area (Å²) in [6.45, 7) is 7.71. The first kappa shape index (κ1) is 45.8. The van der Waals surface area contributed by atoms with Crippen LogP contribution in [0.1, 0.15) is 194 Å². The van der Waals surface area contributed by atoms with Crippen LogP contribution in [0.3, 0.4) is 0 Å². The first-order chi connectivity index (χ1) is 23.2. The van der Waals surface area contributed by atoms with Crippen LogP contribution in [0.15, 0.2) is 0 Å². The molecule has 0 aromatic rings. The lowest BCUT2D eigenvalue weighted by Crippen LogP contribution is -2.15. The SMILES string of the molecule is CCCCCCCCCCCCCCCC(=O)OCCOCCOCCOCCOC(=O)CCCCCCCCCCCCCCC. The molecule has 0 aromatic carbocycles.